The van der Waals surface area contributed by atoms with Gasteiger partial charge in [0.25, 0.3) is 0 Å². The van der Waals surface area contributed by atoms with Gasteiger partial charge in [0.15, 0.2) is 0 Å². The maximum atomic E-state index is 6.94. The van der Waals surface area contributed by atoms with Crippen molar-refractivity contribution in [1.29, 1.82) is 0 Å². The quantitative estimate of drug-likeness (QED) is 0.320. The van der Waals surface area contributed by atoms with Crippen LogP contribution in [0.5, 0.6) is 0 Å². The summed E-state index contributed by atoms with van der Waals surface area (Å²) in [6.45, 7) is 17.0. The molecule has 0 aromatic heterocycles. The van der Waals surface area contributed by atoms with Crippen LogP contribution in [-0.2, 0) is 32.0 Å². The molecule has 2 aromatic carbocycles. The van der Waals surface area contributed by atoms with E-state index >= 15 is 0 Å². The molecule has 0 heterocycles. The standard InChI is InChI=1S/C15H17.C4H10N.C2H6Si.2CH3.Ti/c1-10-6-11-4-5-12-8-15(2,3)9-14(12)13(11)7-10;1-4(2,3)5;1-3-2;;;/h4-7H,8-9H2,1-3H3;5H,1-3H3;1-2H3;2*1H3;/q2*-1;;2*-1;. The second kappa shape index (κ2) is 10.9. The maximum Gasteiger partial charge on any atom is -0.0237 e. The van der Waals surface area contributed by atoms with Crippen molar-refractivity contribution in [1.82, 2.24) is 0 Å². The second-order valence-electron chi connectivity index (χ2n) is 9.01. The van der Waals surface area contributed by atoms with Gasteiger partial charge in [-0.15, -0.1) is 40.1 Å². The van der Waals surface area contributed by atoms with Crippen molar-refractivity contribution >= 4 is 17.0 Å². The Labute approximate surface area is 175 Å². The molecule has 1 aliphatic carbocycles. The number of nitrogens with one attached hydrogen (secondary N) is 1. The third kappa shape index (κ3) is 10.2. The zero-order valence-corrected chi connectivity index (χ0v) is 21.3. The first-order valence-corrected chi connectivity index (χ1v) is 13.6. The molecule has 1 nitrogen and oxygen atoms in total. The van der Waals surface area contributed by atoms with Crippen molar-refractivity contribution in [3.63, 3.8) is 0 Å². The summed E-state index contributed by atoms with van der Waals surface area (Å²) < 4.78 is 0. The molecular weight excluding hydrogens is 366 g/mol. The average molecular weight is 406 g/mol. The van der Waals surface area contributed by atoms with E-state index in [1.54, 1.807) is 11.1 Å². The van der Waals surface area contributed by atoms with Crippen LogP contribution in [0.25, 0.3) is 16.5 Å². The molecule has 0 unspecified atom stereocenters. The Morgan fingerprint density at radius 3 is 2.04 bits per heavy atom. The molecule has 0 aliphatic heterocycles. The van der Waals surface area contributed by atoms with Crippen LogP contribution in [0.15, 0.2) is 24.3 Å². The molecule has 0 bridgehead atoms. The van der Waals surface area contributed by atoms with E-state index in [-0.39, 0.29) is 26.6 Å². The van der Waals surface area contributed by atoms with Crippen LogP contribution in [0.3, 0.4) is 0 Å². The second-order valence-corrected chi connectivity index (χ2v) is 15.7. The summed E-state index contributed by atoms with van der Waals surface area (Å²) in [5.41, 5.74) is 11.7. The normalized spacial score (nSPS) is 13.8. The molecule has 0 saturated carbocycles. The van der Waals surface area contributed by atoms with Crippen LogP contribution in [0.1, 0.15) is 51.3 Å². The first kappa shape index (κ1) is 27.9. The topological polar surface area (TPSA) is 23.8 Å². The van der Waals surface area contributed by atoms with Crippen molar-refractivity contribution in [3.05, 3.63) is 61.5 Å². The number of hydrogen-bond donors (Lipinski definition) is 0. The minimum absolute atomic E-state index is 0. The third-order valence-corrected chi connectivity index (χ3v) is 3.57. The van der Waals surface area contributed by atoms with E-state index in [4.69, 9.17) is 5.73 Å². The number of benzene rings is 1. The van der Waals surface area contributed by atoms with E-state index in [1.807, 2.05) is 20.8 Å². The van der Waals surface area contributed by atoms with E-state index in [1.165, 1.54) is 29.2 Å². The summed E-state index contributed by atoms with van der Waals surface area (Å²) in [4.78, 5) is 0. The Balaban J connectivity index is 0. The molecule has 148 valence electrons. The molecular formula is C23H39NSiTi-4. The summed E-state index contributed by atoms with van der Waals surface area (Å²) in [7, 11) is 0. The van der Waals surface area contributed by atoms with Crippen molar-refractivity contribution in [3.8, 4) is 0 Å². The van der Waals surface area contributed by atoms with Crippen molar-refractivity contribution in [2.24, 2.45) is 5.41 Å². The molecule has 2 aromatic rings. The predicted octanol–water partition coefficient (Wildman–Crippen LogP) is 7.51. The van der Waals surface area contributed by atoms with Gasteiger partial charge in [0.2, 0.25) is 0 Å². The third-order valence-electron chi connectivity index (χ3n) is 3.57. The summed E-state index contributed by atoms with van der Waals surface area (Å²) in [6, 6.07) is 9.24. The Kier molecular flexibility index (Phi) is 11.7. The molecule has 0 radical (unpaired) electrons. The van der Waals surface area contributed by atoms with E-state index in [9.17, 15) is 0 Å². The van der Waals surface area contributed by atoms with Crippen LogP contribution in [0.2, 0.25) is 13.1 Å². The number of fused-ring (bicyclic) bond motifs is 3. The fraction of sp³-hybridized carbons (Fsp3) is 0.522. The molecule has 3 heteroatoms. The Bertz CT molecular complexity index is 695. The molecule has 3 rings (SSSR count). The van der Waals surface area contributed by atoms with Crippen LogP contribution in [-0.4, -0.2) is 11.7 Å². The summed E-state index contributed by atoms with van der Waals surface area (Å²) in [5, 5.41) is 2.92. The van der Waals surface area contributed by atoms with Crippen molar-refractivity contribution in [2.45, 2.75) is 73.0 Å². The molecule has 0 spiro atoms. The fourth-order valence-corrected chi connectivity index (χ4v) is 2.97. The molecule has 1 N–H and O–H groups in total. The molecule has 0 atom stereocenters. The van der Waals surface area contributed by atoms with E-state index in [0.717, 1.165) is 0 Å². The first-order chi connectivity index (χ1) is 10.8. The van der Waals surface area contributed by atoms with E-state index < -0.39 is 0 Å². The summed E-state index contributed by atoms with van der Waals surface area (Å²) in [6.07, 6.45) is 2.60. The zero-order chi connectivity index (χ0) is 18.7. The number of rotatable bonds is 0. The number of hydrogen-bond acceptors (Lipinski definition) is 0. The van der Waals surface area contributed by atoms with Crippen LogP contribution < -0.4 is 0 Å². The maximum absolute atomic E-state index is 6.94. The molecule has 0 saturated heterocycles. The predicted molar refractivity (Wildman–Crippen MR) is 120 cm³/mol. The number of aryl methyl sites for hydroxylation is 1. The van der Waals surface area contributed by atoms with Gasteiger partial charge in [-0.1, -0.05) is 52.7 Å². The minimum atomic E-state index is -0.250. The molecule has 26 heavy (non-hydrogen) atoms. The van der Waals surface area contributed by atoms with Gasteiger partial charge in [-0.25, -0.2) is 0 Å². The monoisotopic (exact) mass is 405 g/mol. The Morgan fingerprint density at radius 2 is 1.58 bits per heavy atom. The smallest absolute Gasteiger partial charge is 0.0237 e. The molecule has 1 aliphatic rings. The van der Waals surface area contributed by atoms with E-state index in [2.05, 4.69) is 77.3 Å². The van der Waals surface area contributed by atoms with Gasteiger partial charge in [-0.05, 0) is 18.3 Å². The van der Waals surface area contributed by atoms with Gasteiger partial charge in [0, 0.05) is 0 Å². The van der Waals surface area contributed by atoms with Gasteiger partial charge >= 0.3 is 38.5 Å². The van der Waals surface area contributed by atoms with Crippen LogP contribution in [0, 0.1) is 27.2 Å². The molecule has 0 amide bonds. The molecule has 0 fully saturated rings. The average Bonchev–Trinajstić information content (AvgIpc) is 2.83. The minimum Gasteiger partial charge on any atom is -0.358 e. The fourth-order valence-electron chi connectivity index (χ4n) is 2.97. The largest absolute Gasteiger partial charge is 0.358 e. The SMILES string of the molecule is CC(C)(C)[NH-].C[Si](C)=[Ti].Cc1cc2c3c(ccc2[cH-]1)CC(C)(C)C3.[CH3-].[CH3-]. The van der Waals surface area contributed by atoms with Gasteiger partial charge in [-0.3, -0.25) is 0 Å². The van der Waals surface area contributed by atoms with E-state index in [0.29, 0.717) is 5.41 Å². The van der Waals surface area contributed by atoms with Gasteiger partial charge in [0.1, 0.15) is 0 Å². The van der Waals surface area contributed by atoms with Crippen LogP contribution >= 0.6 is 0 Å². The Hall–Kier alpha value is -0.279. The first-order valence-electron chi connectivity index (χ1n) is 8.73. The van der Waals surface area contributed by atoms with Gasteiger partial charge in [0.05, 0.1) is 0 Å². The summed E-state index contributed by atoms with van der Waals surface area (Å²) in [5.74, 6) is 0. The summed E-state index contributed by atoms with van der Waals surface area (Å²) >= 11 is 2.27. The van der Waals surface area contributed by atoms with Crippen molar-refractivity contribution < 1.29 is 19.2 Å². The zero-order valence-electron chi connectivity index (χ0n) is 18.7. The van der Waals surface area contributed by atoms with Crippen LogP contribution in [0.4, 0.5) is 0 Å². The van der Waals surface area contributed by atoms with Crippen molar-refractivity contribution in [2.75, 3.05) is 0 Å². The van der Waals surface area contributed by atoms with Gasteiger partial charge in [-0.2, -0.15) is 6.07 Å². The van der Waals surface area contributed by atoms with Gasteiger partial charge < -0.3 is 20.6 Å². The Morgan fingerprint density at radius 1 is 1.12 bits per heavy atom.